The van der Waals surface area contributed by atoms with Crippen molar-refractivity contribution in [2.45, 2.75) is 70.8 Å². The molecule has 0 unspecified atom stereocenters. The highest BCUT2D eigenvalue weighted by Crippen LogP contribution is 2.39. The molecule has 11 heteroatoms. The summed E-state index contributed by atoms with van der Waals surface area (Å²) in [4.78, 5) is 17.9. The van der Waals surface area contributed by atoms with Crippen LogP contribution in [0.4, 0.5) is 18.0 Å². The van der Waals surface area contributed by atoms with E-state index in [1.165, 1.54) is 22.2 Å². The van der Waals surface area contributed by atoms with Crippen molar-refractivity contribution < 1.29 is 27.4 Å². The Labute approximate surface area is 202 Å². The highest BCUT2D eigenvalue weighted by Gasteiger charge is 2.37. The predicted molar refractivity (Wildman–Crippen MR) is 121 cm³/mol. The number of halogens is 3. The van der Waals surface area contributed by atoms with Crippen LogP contribution in [0.1, 0.15) is 63.1 Å². The van der Waals surface area contributed by atoms with Crippen molar-refractivity contribution in [3.63, 3.8) is 0 Å². The molecule has 0 aliphatic heterocycles. The number of hydrogen-bond acceptors (Lipinski definition) is 6. The van der Waals surface area contributed by atoms with E-state index in [2.05, 4.69) is 22.2 Å². The van der Waals surface area contributed by atoms with Gasteiger partial charge >= 0.3 is 12.3 Å². The van der Waals surface area contributed by atoms with E-state index in [9.17, 15) is 18.0 Å². The minimum atomic E-state index is -4.66. The van der Waals surface area contributed by atoms with Gasteiger partial charge in [0.25, 0.3) is 0 Å². The molecule has 4 rings (SSSR count). The summed E-state index contributed by atoms with van der Waals surface area (Å²) in [6.45, 7) is 2.52. The van der Waals surface area contributed by atoms with E-state index in [0.717, 1.165) is 31.7 Å². The lowest BCUT2D eigenvalue weighted by atomic mass is 9.85. The fourth-order valence-corrected chi connectivity index (χ4v) is 4.66. The molecular weight excluding hydrogens is 463 g/mol. The largest absolute Gasteiger partial charge is 0.474 e. The molecular formula is C24H32F3N5O3. The third kappa shape index (κ3) is 6.05. The van der Waals surface area contributed by atoms with Gasteiger partial charge < -0.3 is 14.4 Å². The van der Waals surface area contributed by atoms with Gasteiger partial charge in [0.05, 0.1) is 0 Å². The number of pyridine rings is 1. The maximum absolute atomic E-state index is 13.9. The highest BCUT2D eigenvalue weighted by atomic mass is 19.4. The normalized spacial score (nSPS) is 20.9. The Morgan fingerprint density at radius 1 is 1.23 bits per heavy atom. The summed E-state index contributed by atoms with van der Waals surface area (Å²) in [5, 5.41) is 7.94. The standard InChI is InChI=1S/C24H32F3N5O3/c1-15-6-4-9-18(10-15)35-22-19(24(25,26)27)11-17(12-28-22)21-20(32(3)30-29-21)14-34-23(33)31(2)13-16-7-5-8-16/h11-12,15-16,18H,4-10,13-14H2,1-3H3/t15-,18-/m0/s1. The van der Waals surface area contributed by atoms with E-state index in [1.54, 1.807) is 14.1 Å². The van der Waals surface area contributed by atoms with Crippen LogP contribution in [-0.2, 0) is 24.6 Å². The monoisotopic (exact) mass is 495 g/mol. The predicted octanol–water partition coefficient (Wildman–Crippen LogP) is 5.22. The minimum absolute atomic E-state index is 0.128. The molecule has 2 heterocycles. The van der Waals surface area contributed by atoms with E-state index in [1.807, 2.05) is 0 Å². The number of aromatic nitrogens is 4. The maximum Gasteiger partial charge on any atom is 0.421 e. The van der Waals surface area contributed by atoms with Crippen LogP contribution in [0.3, 0.4) is 0 Å². The van der Waals surface area contributed by atoms with Crippen molar-refractivity contribution in [3.8, 4) is 17.1 Å². The topological polar surface area (TPSA) is 82.4 Å². The first kappa shape index (κ1) is 25.2. The van der Waals surface area contributed by atoms with Gasteiger partial charge in [0.1, 0.15) is 29.7 Å². The van der Waals surface area contributed by atoms with Crippen LogP contribution < -0.4 is 4.74 Å². The van der Waals surface area contributed by atoms with Crippen molar-refractivity contribution in [1.82, 2.24) is 24.9 Å². The maximum atomic E-state index is 13.9. The van der Waals surface area contributed by atoms with Gasteiger partial charge in [-0.1, -0.05) is 25.0 Å². The zero-order chi connectivity index (χ0) is 25.2. The molecule has 8 nitrogen and oxygen atoms in total. The number of carbonyl (C=O) groups is 1. The lowest BCUT2D eigenvalue weighted by Gasteiger charge is -2.29. The van der Waals surface area contributed by atoms with E-state index >= 15 is 0 Å². The van der Waals surface area contributed by atoms with Gasteiger partial charge in [-0.15, -0.1) is 5.10 Å². The molecule has 0 radical (unpaired) electrons. The van der Waals surface area contributed by atoms with Gasteiger partial charge in [0.15, 0.2) is 0 Å². The fraction of sp³-hybridized carbons (Fsp3) is 0.667. The Morgan fingerprint density at radius 2 is 1.97 bits per heavy atom. The van der Waals surface area contributed by atoms with Gasteiger partial charge in [-0.05, 0) is 50.0 Å². The first-order chi connectivity index (χ1) is 16.6. The second kappa shape index (κ2) is 10.4. The van der Waals surface area contributed by atoms with E-state index in [-0.39, 0.29) is 24.0 Å². The third-order valence-corrected chi connectivity index (χ3v) is 6.94. The lowest BCUT2D eigenvalue weighted by molar-refractivity contribution is -0.139. The van der Waals surface area contributed by atoms with Crippen LogP contribution in [0.5, 0.6) is 5.88 Å². The van der Waals surface area contributed by atoms with Gasteiger partial charge in [-0.25, -0.2) is 14.5 Å². The van der Waals surface area contributed by atoms with Crippen LogP contribution in [0.2, 0.25) is 0 Å². The summed E-state index contributed by atoms with van der Waals surface area (Å²) in [5.41, 5.74) is -0.274. The molecule has 2 atom stereocenters. The Hall–Kier alpha value is -2.85. The number of ether oxygens (including phenoxy) is 2. The first-order valence-electron chi connectivity index (χ1n) is 12.1. The summed E-state index contributed by atoms with van der Waals surface area (Å²) in [6.07, 6.45) is 2.61. The lowest BCUT2D eigenvalue weighted by Crippen LogP contribution is -2.34. The Kier molecular flexibility index (Phi) is 7.51. The quantitative estimate of drug-likeness (QED) is 0.524. The summed E-state index contributed by atoms with van der Waals surface area (Å²) in [6, 6.07) is 0.979. The van der Waals surface area contributed by atoms with Crippen molar-refractivity contribution >= 4 is 6.09 Å². The summed E-state index contributed by atoms with van der Waals surface area (Å²) in [7, 11) is 3.27. The molecule has 2 aromatic heterocycles. The number of amides is 1. The molecule has 2 saturated carbocycles. The van der Waals surface area contributed by atoms with Crippen LogP contribution in [0.15, 0.2) is 12.3 Å². The van der Waals surface area contributed by atoms with Crippen molar-refractivity contribution in [2.75, 3.05) is 13.6 Å². The smallest absolute Gasteiger partial charge is 0.421 e. The Morgan fingerprint density at radius 3 is 2.63 bits per heavy atom. The second-order valence-corrected chi connectivity index (χ2v) is 9.83. The van der Waals surface area contributed by atoms with Gasteiger partial charge in [-0.3, -0.25) is 0 Å². The fourth-order valence-electron chi connectivity index (χ4n) is 4.66. The van der Waals surface area contributed by atoms with Gasteiger partial charge in [-0.2, -0.15) is 13.2 Å². The van der Waals surface area contributed by atoms with Crippen molar-refractivity contribution in [1.29, 1.82) is 0 Å². The zero-order valence-corrected chi connectivity index (χ0v) is 20.3. The third-order valence-electron chi connectivity index (χ3n) is 6.94. The average Bonchev–Trinajstić information content (AvgIpc) is 3.14. The zero-order valence-electron chi connectivity index (χ0n) is 20.3. The molecule has 2 aliphatic rings. The molecule has 192 valence electrons. The molecule has 2 aromatic rings. The van der Waals surface area contributed by atoms with E-state index in [0.29, 0.717) is 36.9 Å². The Bertz CT molecular complexity index is 1040. The number of alkyl halides is 3. The first-order valence-corrected chi connectivity index (χ1v) is 12.1. The average molecular weight is 496 g/mol. The summed E-state index contributed by atoms with van der Waals surface area (Å²) >= 11 is 0. The minimum Gasteiger partial charge on any atom is -0.474 e. The van der Waals surface area contributed by atoms with Crippen LogP contribution in [-0.4, -0.2) is 50.7 Å². The van der Waals surface area contributed by atoms with Crippen LogP contribution in [0, 0.1) is 11.8 Å². The number of rotatable bonds is 7. The number of aryl methyl sites for hydroxylation is 1. The second-order valence-electron chi connectivity index (χ2n) is 9.83. The summed E-state index contributed by atoms with van der Waals surface area (Å²) in [5.74, 6) is 0.473. The molecule has 0 spiro atoms. The number of nitrogens with zero attached hydrogens (tertiary/aromatic N) is 5. The van der Waals surface area contributed by atoms with E-state index in [4.69, 9.17) is 9.47 Å². The van der Waals surface area contributed by atoms with Crippen LogP contribution >= 0.6 is 0 Å². The number of carbonyl (C=O) groups excluding carboxylic acids is 1. The molecule has 35 heavy (non-hydrogen) atoms. The SMILES string of the molecule is C[C@H]1CCC[C@H](Oc2ncc(-c3nnn(C)c3COC(=O)N(C)CC3CCC3)cc2C(F)(F)F)C1. The van der Waals surface area contributed by atoms with Gasteiger partial charge in [0.2, 0.25) is 5.88 Å². The highest BCUT2D eigenvalue weighted by molar-refractivity contribution is 5.68. The Balaban J connectivity index is 1.51. The van der Waals surface area contributed by atoms with Crippen molar-refractivity contribution in [3.05, 3.63) is 23.5 Å². The molecule has 0 aromatic carbocycles. The summed E-state index contributed by atoms with van der Waals surface area (Å²) < 4.78 is 54.3. The molecule has 0 N–H and O–H groups in total. The van der Waals surface area contributed by atoms with Crippen molar-refractivity contribution in [2.24, 2.45) is 18.9 Å². The van der Waals surface area contributed by atoms with E-state index < -0.39 is 23.7 Å². The molecule has 1 amide bonds. The molecule has 2 fully saturated rings. The molecule has 0 bridgehead atoms. The van der Waals surface area contributed by atoms with Gasteiger partial charge in [0, 0.05) is 32.4 Å². The molecule has 0 saturated heterocycles. The molecule has 2 aliphatic carbocycles. The van der Waals surface area contributed by atoms with Crippen LogP contribution in [0.25, 0.3) is 11.3 Å². The number of hydrogen-bond donors (Lipinski definition) is 0.